The second-order valence-corrected chi connectivity index (χ2v) is 6.05. The summed E-state index contributed by atoms with van der Waals surface area (Å²) >= 11 is 0. The molecule has 0 bridgehead atoms. The molecule has 1 amide bonds. The first-order valence-corrected chi connectivity index (χ1v) is 7.55. The minimum atomic E-state index is -0.735. The van der Waals surface area contributed by atoms with E-state index in [1.54, 1.807) is 0 Å². The molecule has 0 aliphatic carbocycles. The van der Waals surface area contributed by atoms with Crippen molar-refractivity contribution >= 4 is 24.3 Å². The second-order valence-electron chi connectivity index (χ2n) is 6.05. The summed E-state index contributed by atoms with van der Waals surface area (Å²) < 4.78 is 12.6. The van der Waals surface area contributed by atoms with Gasteiger partial charge in [-0.1, -0.05) is 58.0 Å². The Morgan fingerprint density at radius 2 is 1.78 bits per heavy atom. The van der Waals surface area contributed by atoms with Gasteiger partial charge in [0.2, 0.25) is 5.91 Å². The maximum atomic E-state index is 12.3. The van der Waals surface area contributed by atoms with Crippen LogP contribution in [0.25, 0.3) is 0 Å². The van der Waals surface area contributed by atoms with E-state index < -0.39 is 18.1 Å². The van der Waals surface area contributed by atoms with Crippen molar-refractivity contribution in [1.82, 2.24) is 5.32 Å². The molecule has 130 valence electrons. The fourth-order valence-electron chi connectivity index (χ4n) is 1.86. The number of halogens is 1. The lowest BCUT2D eigenvalue weighted by Crippen LogP contribution is -2.52. The Morgan fingerprint density at radius 1 is 1.17 bits per heavy atom. The predicted octanol–water partition coefficient (Wildman–Crippen LogP) is 2.28. The van der Waals surface area contributed by atoms with E-state index in [2.05, 4.69) is 11.0 Å². The number of hydrogen-bond acceptors (Lipinski definition) is 4. The summed E-state index contributed by atoms with van der Waals surface area (Å²) in [6.45, 7) is 7.53. The predicted molar refractivity (Wildman–Crippen MR) is 93.1 cm³/mol. The summed E-state index contributed by atoms with van der Waals surface area (Å²) in [7, 11) is 0. The van der Waals surface area contributed by atoms with E-state index in [0.717, 1.165) is 5.56 Å². The lowest BCUT2D eigenvalue weighted by Gasteiger charge is -2.24. The molecule has 1 aromatic rings. The van der Waals surface area contributed by atoms with E-state index in [4.69, 9.17) is 6.15 Å². The summed E-state index contributed by atoms with van der Waals surface area (Å²) in [5, 5.41) is 2.69. The minimum Gasteiger partial charge on any atom is -0.459 e. The Kier molecular flexibility index (Phi) is 8.66. The van der Waals surface area contributed by atoms with Gasteiger partial charge in [0.05, 0.1) is 6.04 Å². The van der Waals surface area contributed by atoms with E-state index in [0.29, 0.717) is 0 Å². The molecule has 0 saturated carbocycles. The molecule has 2 atom stereocenters. The van der Waals surface area contributed by atoms with Crippen LogP contribution in [0.4, 0.5) is 0 Å². The molecule has 3 N–H and O–H groups in total. The number of carbonyl (C=O) groups is 2. The zero-order valence-corrected chi connectivity index (χ0v) is 14.9. The highest BCUT2D eigenvalue weighted by molar-refractivity contribution is 5.87. The van der Waals surface area contributed by atoms with Crippen LogP contribution in [0.1, 0.15) is 33.3 Å². The molecule has 0 fully saturated rings. The average Bonchev–Trinajstić information content (AvgIpc) is 2.51. The van der Waals surface area contributed by atoms with Crippen LogP contribution in [0.5, 0.6) is 0 Å². The fourth-order valence-corrected chi connectivity index (χ4v) is 1.86. The summed E-state index contributed by atoms with van der Waals surface area (Å²) in [5.74, 6) is -1.00. The lowest BCUT2D eigenvalue weighted by molar-refractivity contribution is -0.150. The molecule has 6 heteroatoms. The standard InChI is InChI=1S/C17H26N2O3.ClH/c1-11(2)14(18)16(20)19-15(12(3)4)17(21)22-10-13-8-6-5-7-9-13;/h5-9,11-12,14-15H,10,18H2,1-4H3,(H,19,20);1H/t14-,15+;/m1./s1/i/hD. The maximum Gasteiger partial charge on any atom is 0.329 e. The molecule has 0 aromatic heterocycles. The van der Waals surface area contributed by atoms with Gasteiger partial charge < -0.3 is 15.8 Å². The number of nitrogens with two attached hydrogens (primary N) is 1. The van der Waals surface area contributed by atoms with Gasteiger partial charge in [-0.25, -0.2) is 4.79 Å². The number of hydrogen-bond donors (Lipinski definition) is 2. The van der Waals surface area contributed by atoms with Gasteiger partial charge >= 0.3 is 5.97 Å². The van der Waals surface area contributed by atoms with Gasteiger partial charge in [-0.2, -0.15) is 0 Å². The fraction of sp³-hybridized carbons (Fsp3) is 0.529. The Labute approximate surface area is 145 Å². The summed E-state index contributed by atoms with van der Waals surface area (Å²) in [5.41, 5.74) is 3.12. The molecule has 0 saturated heterocycles. The first kappa shape index (κ1) is 19.5. The number of ether oxygens (including phenoxy) is 1. The number of nitrogens with one attached hydrogen (secondary N) is 1. The molecule has 0 radical (unpaired) electrons. The van der Waals surface area contributed by atoms with Crippen LogP contribution < -0.4 is 11.0 Å². The number of benzene rings is 1. The molecule has 0 aliphatic rings. The van der Waals surface area contributed by atoms with Crippen LogP contribution in [-0.4, -0.2) is 24.0 Å². The van der Waals surface area contributed by atoms with E-state index in [9.17, 15) is 9.59 Å². The van der Waals surface area contributed by atoms with Crippen molar-refractivity contribution < 1.29 is 15.7 Å². The van der Waals surface area contributed by atoms with Crippen LogP contribution in [0.15, 0.2) is 30.3 Å². The first-order valence-electron chi connectivity index (χ1n) is 8.05. The van der Waals surface area contributed by atoms with E-state index in [1.807, 2.05) is 58.0 Å². The second kappa shape index (κ2) is 10.2. The first-order chi connectivity index (χ1) is 10.9. The van der Waals surface area contributed by atoms with E-state index >= 15 is 0 Å². The number of esters is 1. The number of carbonyl (C=O) groups excluding carboxylic acids is 2. The van der Waals surface area contributed by atoms with Crippen LogP contribution in [0, 0.1) is 11.8 Å². The zero-order chi connectivity index (χ0) is 17.4. The molecule has 0 heterocycles. The lowest BCUT2D eigenvalue weighted by atomic mass is 10.0. The third kappa shape index (κ3) is 7.01. The van der Waals surface area contributed by atoms with Crippen LogP contribution in [-0.2, 0) is 20.9 Å². The number of amides is 1. The molecule has 5 nitrogen and oxygen atoms in total. The van der Waals surface area contributed by atoms with Crippen molar-refractivity contribution in [3.63, 3.8) is 0 Å². The normalized spacial score (nSPS) is 13.7. The van der Waals surface area contributed by atoms with Crippen molar-refractivity contribution in [2.45, 2.75) is 46.4 Å². The highest BCUT2D eigenvalue weighted by Gasteiger charge is 2.28. The Morgan fingerprint density at radius 3 is 2.26 bits per heavy atom. The van der Waals surface area contributed by atoms with Gasteiger partial charge in [0.1, 0.15) is 14.1 Å². The van der Waals surface area contributed by atoms with E-state index in [-0.39, 0.29) is 36.8 Å². The van der Waals surface area contributed by atoms with Crippen molar-refractivity contribution in [1.29, 1.82) is 0 Å². The Bertz CT molecular complexity index is 512. The third-order valence-electron chi connectivity index (χ3n) is 3.39. The summed E-state index contributed by atoms with van der Waals surface area (Å²) in [6, 6.07) is 7.97. The Balaban J connectivity index is 0.00000529. The molecule has 0 aliphatic heterocycles. The SMILES string of the molecule is Cl.[2H]N[C@@H](C(=O)N[C@H](C(=O)OCc1ccccc1)C(C)C)C(C)C. The maximum absolute atomic E-state index is 12.3. The summed E-state index contributed by atoms with van der Waals surface area (Å²) in [6.07, 6.45) is 0. The largest absolute Gasteiger partial charge is 0.459 e. The smallest absolute Gasteiger partial charge is 0.329 e. The molecule has 0 spiro atoms. The van der Waals surface area contributed by atoms with Crippen LogP contribution in [0.3, 0.4) is 0 Å². The molecule has 1 aromatic carbocycles. The number of rotatable bonds is 8. The molecular weight excluding hydrogens is 316 g/mol. The average molecular weight is 344 g/mol. The van der Waals surface area contributed by atoms with Crippen molar-refractivity contribution in [3.05, 3.63) is 35.9 Å². The highest BCUT2D eigenvalue weighted by Crippen LogP contribution is 2.08. The quantitative estimate of drug-likeness (QED) is 0.709. The monoisotopic (exact) mass is 343 g/mol. The van der Waals surface area contributed by atoms with Crippen LogP contribution in [0.2, 0.25) is 1.41 Å². The van der Waals surface area contributed by atoms with Gasteiger partial charge in [0.15, 0.2) is 0 Å². The highest BCUT2D eigenvalue weighted by atomic mass is 35.5. The third-order valence-corrected chi connectivity index (χ3v) is 3.39. The molecule has 0 unspecified atom stereocenters. The topological polar surface area (TPSA) is 81.4 Å². The van der Waals surface area contributed by atoms with Crippen molar-refractivity contribution in [2.24, 2.45) is 17.6 Å². The molecule has 1 rings (SSSR count). The van der Waals surface area contributed by atoms with E-state index in [1.165, 1.54) is 0 Å². The minimum absolute atomic E-state index is 0. The van der Waals surface area contributed by atoms with Crippen molar-refractivity contribution in [2.75, 3.05) is 0 Å². The molecule has 23 heavy (non-hydrogen) atoms. The molecular formula is C17H27ClN2O3. The van der Waals surface area contributed by atoms with Gasteiger partial charge in [-0.3, -0.25) is 4.79 Å². The van der Waals surface area contributed by atoms with Gasteiger partial charge in [-0.15, -0.1) is 12.4 Å². The summed E-state index contributed by atoms with van der Waals surface area (Å²) in [4.78, 5) is 24.5. The van der Waals surface area contributed by atoms with Crippen molar-refractivity contribution in [3.8, 4) is 0 Å². The van der Waals surface area contributed by atoms with Gasteiger partial charge in [-0.05, 0) is 17.4 Å². The zero-order valence-electron chi connectivity index (χ0n) is 15.0. The Hall–Kier alpha value is -1.59. The van der Waals surface area contributed by atoms with Gasteiger partial charge in [0.25, 0.3) is 0 Å². The van der Waals surface area contributed by atoms with Gasteiger partial charge in [0, 0.05) is 0 Å². The van der Waals surface area contributed by atoms with Crippen LogP contribution >= 0.6 is 12.4 Å².